The van der Waals surface area contributed by atoms with E-state index >= 15 is 0 Å². The minimum atomic E-state index is -4.13. The zero-order valence-corrected chi connectivity index (χ0v) is 16.8. The van der Waals surface area contributed by atoms with Crippen molar-refractivity contribution in [1.82, 2.24) is 15.1 Å². The Balaban J connectivity index is 1.36. The predicted molar refractivity (Wildman–Crippen MR) is 108 cm³/mol. The minimum Gasteiger partial charge on any atom is -0.359 e. The second kappa shape index (κ2) is 7.50. The van der Waals surface area contributed by atoms with Crippen LogP contribution in [0.1, 0.15) is 31.2 Å². The number of carbonyl (C=O) groups excluding carboxylic acids is 1. The van der Waals surface area contributed by atoms with Gasteiger partial charge in [-0.15, -0.1) is 0 Å². The van der Waals surface area contributed by atoms with E-state index < -0.39 is 21.9 Å². The van der Waals surface area contributed by atoms with E-state index in [-0.39, 0.29) is 11.1 Å². The topological polar surface area (TPSA) is 147 Å². The van der Waals surface area contributed by atoms with Crippen LogP contribution in [0.5, 0.6) is 0 Å². The van der Waals surface area contributed by atoms with E-state index in [1.165, 1.54) is 12.3 Å². The Labute approximate surface area is 172 Å². The van der Waals surface area contributed by atoms with E-state index in [1.54, 1.807) is 30.5 Å². The van der Waals surface area contributed by atoms with Gasteiger partial charge in [-0.05, 0) is 31.0 Å². The summed E-state index contributed by atoms with van der Waals surface area (Å²) in [6, 6.07) is 7.78. The Bertz CT molecular complexity index is 1170. The van der Waals surface area contributed by atoms with Gasteiger partial charge in [0, 0.05) is 35.0 Å². The number of rotatable bonds is 6. The van der Waals surface area contributed by atoms with Gasteiger partial charge in [0.25, 0.3) is 10.1 Å². The van der Waals surface area contributed by atoms with E-state index in [2.05, 4.69) is 32.7 Å². The van der Waals surface area contributed by atoms with Crippen molar-refractivity contribution in [1.29, 1.82) is 0 Å². The van der Waals surface area contributed by atoms with E-state index in [4.69, 9.17) is 9.08 Å². The first-order chi connectivity index (χ1) is 14.2. The maximum atomic E-state index is 12.1. The molecule has 0 bridgehead atoms. The minimum absolute atomic E-state index is 0.0280. The Kier molecular flexibility index (Phi) is 5.00. The molecule has 1 aliphatic rings. The van der Waals surface area contributed by atoms with Gasteiger partial charge in [-0.2, -0.15) is 8.42 Å². The van der Waals surface area contributed by atoms with E-state index in [9.17, 15) is 13.2 Å². The van der Waals surface area contributed by atoms with Crippen LogP contribution in [0, 0.1) is 0 Å². The average Bonchev–Trinajstić information content (AvgIpc) is 3.25. The summed E-state index contributed by atoms with van der Waals surface area (Å²) in [5, 5.41) is 9.08. The zero-order valence-electron chi connectivity index (χ0n) is 16.0. The van der Waals surface area contributed by atoms with Crippen molar-refractivity contribution < 1.29 is 22.3 Å². The van der Waals surface area contributed by atoms with Gasteiger partial charge in [0.15, 0.2) is 5.82 Å². The summed E-state index contributed by atoms with van der Waals surface area (Å²) in [5.41, 5.74) is 1.70. The number of nitrogens with one attached hydrogen (secondary N) is 2. The van der Waals surface area contributed by atoms with Gasteiger partial charge in [0.05, 0.1) is 5.69 Å². The number of hydrogen-bond donors (Lipinski definition) is 3. The van der Waals surface area contributed by atoms with E-state index in [0.29, 0.717) is 17.2 Å². The second-order valence-corrected chi connectivity index (χ2v) is 8.87. The molecule has 0 radical (unpaired) electrons. The summed E-state index contributed by atoms with van der Waals surface area (Å²) in [6.07, 6.45) is 5.13. The number of pyridine rings is 2. The third-order valence-corrected chi connectivity index (χ3v) is 5.50. The molecule has 1 fully saturated rings. The first kappa shape index (κ1) is 20.0. The molecule has 30 heavy (non-hydrogen) atoms. The Morgan fingerprint density at radius 1 is 1.10 bits per heavy atom. The lowest BCUT2D eigenvalue weighted by molar-refractivity contribution is 0.261. The maximum Gasteiger partial charge on any atom is 0.326 e. The van der Waals surface area contributed by atoms with Gasteiger partial charge in [0.2, 0.25) is 0 Å². The molecule has 0 unspecified atom stereocenters. The summed E-state index contributed by atoms with van der Waals surface area (Å²) in [4.78, 5) is 20.4. The average molecular weight is 429 g/mol. The lowest BCUT2D eigenvalue weighted by Crippen LogP contribution is -2.20. The molecule has 3 N–H and O–H groups in total. The lowest BCUT2D eigenvalue weighted by Gasteiger charge is -2.06. The van der Waals surface area contributed by atoms with Gasteiger partial charge in [0.1, 0.15) is 17.3 Å². The van der Waals surface area contributed by atoms with Crippen LogP contribution in [0.2, 0.25) is 0 Å². The molecule has 3 aromatic heterocycles. The molecular weight excluding hydrogens is 410 g/mol. The standard InChI is InChI=1S/C19H19N5O5S/c1-19(6-7-19)15-8-17(24-29-15)23-18(25)22-16-5-3-13(10-21-16)12-2-4-14(20-9-12)11-30(26,27)28/h2-5,8-10H,6-7,11H2,1H3,(H,26,27,28)(H2,21,22,23,24,25). The molecule has 3 heterocycles. The molecule has 1 aliphatic carbocycles. The molecule has 4 rings (SSSR count). The highest BCUT2D eigenvalue weighted by Crippen LogP contribution is 2.48. The van der Waals surface area contributed by atoms with Crippen LogP contribution < -0.4 is 10.6 Å². The van der Waals surface area contributed by atoms with Crippen molar-refractivity contribution >= 4 is 27.8 Å². The number of anilines is 2. The lowest BCUT2D eigenvalue weighted by atomic mass is 10.1. The van der Waals surface area contributed by atoms with Crippen molar-refractivity contribution in [2.45, 2.75) is 30.9 Å². The third kappa shape index (κ3) is 4.81. The molecule has 3 aromatic rings. The number of amides is 2. The third-order valence-electron chi connectivity index (χ3n) is 4.84. The van der Waals surface area contributed by atoms with Gasteiger partial charge >= 0.3 is 6.03 Å². The molecule has 11 heteroatoms. The molecule has 0 spiro atoms. The van der Waals surface area contributed by atoms with E-state index in [1.807, 2.05) is 0 Å². The maximum absolute atomic E-state index is 12.1. The molecule has 0 saturated heterocycles. The fourth-order valence-corrected chi connectivity index (χ4v) is 3.37. The molecule has 156 valence electrons. The van der Waals surface area contributed by atoms with Crippen LogP contribution in [0.4, 0.5) is 16.4 Å². The fraction of sp³-hybridized carbons (Fsp3) is 0.263. The predicted octanol–water partition coefficient (Wildman–Crippen LogP) is 3.21. The van der Waals surface area contributed by atoms with Crippen LogP contribution >= 0.6 is 0 Å². The fourth-order valence-electron chi connectivity index (χ4n) is 2.82. The van der Waals surface area contributed by atoms with Crippen LogP contribution in [-0.4, -0.2) is 34.1 Å². The normalized spacial score (nSPS) is 14.9. The zero-order chi connectivity index (χ0) is 21.4. The van der Waals surface area contributed by atoms with Gasteiger partial charge in [-0.25, -0.2) is 9.78 Å². The van der Waals surface area contributed by atoms with Crippen molar-refractivity contribution in [3.8, 4) is 11.1 Å². The van der Waals surface area contributed by atoms with Crippen molar-refractivity contribution in [2.75, 3.05) is 10.6 Å². The largest absolute Gasteiger partial charge is 0.359 e. The Morgan fingerprint density at radius 2 is 1.77 bits per heavy atom. The van der Waals surface area contributed by atoms with Crippen LogP contribution in [0.3, 0.4) is 0 Å². The summed E-state index contributed by atoms with van der Waals surface area (Å²) in [7, 11) is -4.13. The molecule has 0 atom stereocenters. The van der Waals surface area contributed by atoms with Gasteiger partial charge < -0.3 is 4.52 Å². The Hall–Kier alpha value is -3.31. The van der Waals surface area contributed by atoms with Crippen LogP contribution in [0.25, 0.3) is 11.1 Å². The SMILES string of the molecule is CC1(c2cc(NC(=O)Nc3ccc(-c4ccc(CS(=O)(=O)O)nc4)cn3)no2)CC1. The number of carbonyl (C=O) groups is 1. The van der Waals surface area contributed by atoms with Crippen LogP contribution in [-0.2, 0) is 21.3 Å². The second-order valence-electron chi connectivity index (χ2n) is 7.41. The van der Waals surface area contributed by atoms with Crippen molar-refractivity contribution in [3.63, 3.8) is 0 Å². The van der Waals surface area contributed by atoms with Crippen LogP contribution in [0.15, 0.2) is 47.2 Å². The number of hydrogen-bond acceptors (Lipinski definition) is 7. The van der Waals surface area contributed by atoms with E-state index in [0.717, 1.165) is 24.2 Å². The summed E-state index contributed by atoms with van der Waals surface area (Å²) < 4.78 is 35.9. The highest BCUT2D eigenvalue weighted by Gasteiger charge is 2.43. The van der Waals surface area contributed by atoms with Gasteiger partial charge in [-0.1, -0.05) is 18.1 Å². The molecule has 0 aromatic carbocycles. The summed E-state index contributed by atoms with van der Waals surface area (Å²) in [6.45, 7) is 2.08. The molecular formula is C19H19N5O5S. The highest BCUT2D eigenvalue weighted by atomic mass is 32.2. The summed E-state index contributed by atoms with van der Waals surface area (Å²) >= 11 is 0. The first-order valence-corrected chi connectivity index (χ1v) is 10.7. The highest BCUT2D eigenvalue weighted by molar-refractivity contribution is 7.85. The number of urea groups is 1. The van der Waals surface area contributed by atoms with Crippen molar-refractivity contribution in [2.24, 2.45) is 0 Å². The number of nitrogens with zero attached hydrogens (tertiary/aromatic N) is 3. The van der Waals surface area contributed by atoms with Gasteiger partial charge in [-0.3, -0.25) is 20.2 Å². The first-order valence-electron chi connectivity index (χ1n) is 9.12. The molecule has 2 amide bonds. The molecule has 0 aliphatic heterocycles. The quantitative estimate of drug-likeness (QED) is 0.506. The Morgan fingerprint density at radius 3 is 2.33 bits per heavy atom. The molecule has 10 nitrogen and oxygen atoms in total. The monoisotopic (exact) mass is 429 g/mol. The molecule has 1 saturated carbocycles. The number of aromatic nitrogens is 3. The summed E-state index contributed by atoms with van der Waals surface area (Å²) in [5.74, 6) is 0.889. The smallest absolute Gasteiger partial charge is 0.326 e. The van der Waals surface area contributed by atoms with Crippen molar-refractivity contribution in [3.05, 3.63) is 54.2 Å².